The largest absolute Gasteiger partial charge is 0.368 e. The molecule has 3 fully saturated rings. The summed E-state index contributed by atoms with van der Waals surface area (Å²) in [6.45, 7) is 5.16. The molecular weight excluding hydrogens is 392 g/mol. The summed E-state index contributed by atoms with van der Waals surface area (Å²) >= 11 is 0. The molecule has 3 saturated carbocycles. The normalized spacial score (nSPS) is 23.5. The van der Waals surface area contributed by atoms with Crippen molar-refractivity contribution in [2.75, 3.05) is 48.5 Å². The van der Waals surface area contributed by atoms with Crippen molar-refractivity contribution in [1.82, 2.24) is 20.5 Å². The summed E-state index contributed by atoms with van der Waals surface area (Å²) in [5, 5.41) is 21.3. The van der Waals surface area contributed by atoms with Crippen LogP contribution in [0.1, 0.15) is 43.5 Å². The first-order valence-electron chi connectivity index (χ1n) is 10.8. The molecule has 2 heterocycles. The first-order chi connectivity index (χ1) is 14.7. The van der Waals surface area contributed by atoms with Crippen LogP contribution in [0.4, 0.5) is 23.3 Å². The number of nitrogens with one attached hydrogen (secondary N) is 4. The Morgan fingerprint density at radius 2 is 1.81 bits per heavy atom. The van der Waals surface area contributed by atoms with Gasteiger partial charge in [0.2, 0.25) is 0 Å². The Labute approximate surface area is 183 Å². The minimum absolute atomic E-state index is 0.0441. The van der Waals surface area contributed by atoms with E-state index in [-0.39, 0.29) is 17.5 Å². The van der Waals surface area contributed by atoms with Gasteiger partial charge in [0.1, 0.15) is 11.6 Å². The summed E-state index contributed by atoms with van der Waals surface area (Å²) in [7, 11) is 5.79. The monoisotopic (exact) mass is 424 g/mol. The number of carbonyl (C=O) groups excluding carboxylic acids is 1. The summed E-state index contributed by atoms with van der Waals surface area (Å²) in [6, 6.07) is 7.47. The molecule has 3 aliphatic rings. The predicted molar refractivity (Wildman–Crippen MR) is 124 cm³/mol. The predicted octanol–water partition coefficient (Wildman–Crippen LogP) is 2.56. The fourth-order valence-corrected chi connectivity index (χ4v) is 4.87. The third-order valence-electron chi connectivity index (χ3n) is 6.00. The molecule has 2 aromatic rings. The molecular formula is C22H32N8O. The Bertz CT molecular complexity index is 937. The lowest BCUT2D eigenvalue weighted by Gasteiger charge is -2.71. The number of nitrogens with zero attached hydrogens (tertiary/aromatic N) is 4. The average molecular weight is 425 g/mol. The van der Waals surface area contributed by atoms with E-state index in [4.69, 9.17) is 4.98 Å². The van der Waals surface area contributed by atoms with Crippen molar-refractivity contribution in [1.29, 1.82) is 0 Å². The Morgan fingerprint density at radius 3 is 2.39 bits per heavy atom. The van der Waals surface area contributed by atoms with E-state index in [1.807, 2.05) is 44.2 Å². The summed E-state index contributed by atoms with van der Waals surface area (Å²) in [4.78, 5) is 19.6. The Morgan fingerprint density at radius 1 is 1.10 bits per heavy atom. The van der Waals surface area contributed by atoms with Crippen molar-refractivity contribution in [3.05, 3.63) is 29.8 Å². The Balaban J connectivity index is 1.52. The van der Waals surface area contributed by atoms with Gasteiger partial charge in [-0.1, -0.05) is 0 Å². The maximum Gasteiger partial charge on any atom is 0.260 e. The van der Waals surface area contributed by atoms with Gasteiger partial charge in [-0.05, 0) is 69.8 Å². The van der Waals surface area contributed by atoms with Gasteiger partial charge in [0.25, 0.3) is 5.91 Å². The SMILES string of the molecule is CNCC12CC(Nc3nc(NC(C)C)ccc3C(=O)Nc3ccc(N(C)C)nn3)(C1)C2. The van der Waals surface area contributed by atoms with Gasteiger partial charge >= 0.3 is 0 Å². The van der Waals surface area contributed by atoms with Crippen molar-refractivity contribution < 1.29 is 4.79 Å². The number of carbonyl (C=O) groups is 1. The van der Waals surface area contributed by atoms with Crippen LogP contribution in [0.25, 0.3) is 0 Å². The zero-order valence-electron chi connectivity index (χ0n) is 18.9. The van der Waals surface area contributed by atoms with Gasteiger partial charge in [-0.3, -0.25) is 4.79 Å². The van der Waals surface area contributed by atoms with Gasteiger partial charge < -0.3 is 26.2 Å². The van der Waals surface area contributed by atoms with Crippen LogP contribution in [0.5, 0.6) is 0 Å². The van der Waals surface area contributed by atoms with Crippen LogP contribution in [0.15, 0.2) is 24.3 Å². The highest BCUT2D eigenvalue weighted by molar-refractivity contribution is 6.07. The van der Waals surface area contributed by atoms with Gasteiger partial charge in [0.05, 0.1) is 5.56 Å². The number of rotatable bonds is 9. The van der Waals surface area contributed by atoms with E-state index in [9.17, 15) is 4.79 Å². The quantitative estimate of drug-likeness (QED) is 0.487. The molecule has 9 nitrogen and oxygen atoms in total. The number of amides is 1. The van der Waals surface area contributed by atoms with Crippen molar-refractivity contribution in [3.63, 3.8) is 0 Å². The highest BCUT2D eigenvalue weighted by atomic mass is 16.1. The smallest absolute Gasteiger partial charge is 0.260 e. The molecule has 0 radical (unpaired) electrons. The molecule has 9 heteroatoms. The molecule has 0 unspecified atom stereocenters. The molecule has 31 heavy (non-hydrogen) atoms. The number of hydrogen-bond donors (Lipinski definition) is 4. The van der Waals surface area contributed by atoms with E-state index in [1.165, 1.54) is 0 Å². The van der Waals surface area contributed by atoms with E-state index in [1.54, 1.807) is 6.07 Å². The number of hydrogen-bond acceptors (Lipinski definition) is 8. The van der Waals surface area contributed by atoms with Gasteiger partial charge in [-0.15, -0.1) is 10.2 Å². The number of pyridine rings is 1. The first-order valence-corrected chi connectivity index (χ1v) is 10.8. The first kappa shape index (κ1) is 21.3. The highest BCUT2D eigenvalue weighted by Crippen LogP contribution is 2.68. The van der Waals surface area contributed by atoms with Crippen molar-refractivity contribution in [3.8, 4) is 0 Å². The third kappa shape index (κ3) is 4.27. The van der Waals surface area contributed by atoms with Crippen LogP contribution in [0.2, 0.25) is 0 Å². The maximum atomic E-state index is 13.1. The lowest BCUT2D eigenvalue weighted by atomic mass is 9.39. The van der Waals surface area contributed by atoms with Gasteiger partial charge in [-0.2, -0.15) is 0 Å². The fourth-order valence-electron chi connectivity index (χ4n) is 4.87. The van der Waals surface area contributed by atoms with Crippen LogP contribution in [0, 0.1) is 5.41 Å². The standard InChI is InChI=1S/C22H32N8O/c1-14(2)24-16-7-6-15(20(31)26-17-8-9-18(29-28-17)30(4)5)19(25-16)27-22-10-21(11-22,12-22)13-23-3/h6-9,14,23H,10-13H2,1-5H3,(H2,24,25,27)(H,26,28,31). The molecule has 4 N–H and O–H groups in total. The van der Waals surface area contributed by atoms with Gasteiger partial charge in [0.15, 0.2) is 11.6 Å². The summed E-state index contributed by atoms with van der Waals surface area (Å²) in [5.41, 5.74) is 0.949. The summed E-state index contributed by atoms with van der Waals surface area (Å²) < 4.78 is 0. The molecule has 166 valence electrons. The van der Waals surface area contributed by atoms with E-state index in [0.29, 0.717) is 22.6 Å². The topological polar surface area (TPSA) is 107 Å². The second kappa shape index (κ2) is 7.96. The zero-order chi connectivity index (χ0) is 22.2. The molecule has 5 rings (SSSR count). The molecule has 0 aromatic carbocycles. The zero-order valence-corrected chi connectivity index (χ0v) is 18.9. The second-order valence-corrected chi connectivity index (χ2v) is 9.48. The lowest BCUT2D eigenvalue weighted by Crippen LogP contribution is -2.73. The molecule has 0 atom stereocenters. The van der Waals surface area contributed by atoms with Gasteiger partial charge in [0, 0.05) is 32.2 Å². The van der Waals surface area contributed by atoms with E-state index >= 15 is 0 Å². The van der Waals surface area contributed by atoms with E-state index < -0.39 is 0 Å². The molecule has 3 aliphatic carbocycles. The van der Waals surface area contributed by atoms with Gasteiger partial charge in [-0.25, -0.2) is 4.98 Å². The molecule has 2 bridgehead atoms. The second-order valence-electron chi connectivity index (χ2n) is 9.48. The average Bonchev–Trinajstić information content (AvgIpc) is 2.65. The minimum Gasteiger partial charge on any atom is -0.368 e. The number of anilines is 4. The highest BCUT2D eigenvalue weighted by Gasteiger charge is 2.67. The Hall–Kier alpha value is -2.94. The number of aromatic nitrogens is 3. The van der Waals surface area contributed by atoms with E-state index in [2.05, 4.69) is 45.3 Å². The minimum atomic E-state index is -0.255. The van der Waals surface area contributed by atoms with Crippen molar-refractivity contribution in [2.45, 2.75) is 44.7 Å². The van der Waals surface area contributed by atoms with Crippen LogP contribution in [0.3, 0.4) is 0 Å². The molecule has 2 aromatic heterocycles. The third-order valence-corrected chi connectivity index (χ3v) is 6.00. The molecule has 0 saturated heterocycles. The fraction of sp³-hybridized carbons (Fsp3) is 0.545. The molecule has 0 aliphatic heterocycles. The van der Waals surface area contributed by atoms with Crippen molar-refractivity contribution in [2.24, 2.45) is 5.41 Å². The van der Waals surface area contributed by atoms with Crippen LogP contribution in [-0.4, -0.2) is 60.4 Å². The van der Waals surface area contributed by atoms with Crippen LogP contribution in [-0.2, 0) is 0 Å². The van der Waals surface area contributed by atoms with E-state index in [0.717, 1.165) is 37.4 Å². The Kier molecular flexibility index (Phi) is 5.47. The maximum absolute atomic E-state index is 13.1. The van der Waals surface area contributed by atoms with Crippen LogP contribution < -0.4 is 26.2 Å². The molecule has 0 spiro atoms. The van der Waals surface area contributed by atoms with Crippen molar-refractivity contribution >= 4 is 29.2 Å². The lowest BCUT2D eigenvalue weighted by molar-refractivity contribution is -0.112. The summed E-state index contributed by atoms with van der Waals surface area (Å²) in [6.07, 6.45) is 3.30. The summed E-state index contributed by atoms with van der Waals surface area (Å²) in [5.74, 6) is 2.24. The van der Waals surface area contributed by atoms with Crippen LogP contribution >= 0.6 is 0 Å². The molecule has 1 amide bonds.